The molecule has 0 amide bonds. The molecule has 0 saturated heterocycles. The summed E-state index contributed by atoms with van der Waals surface area (Å²) in [5, 5.41) is 6.15. The Morgan fingerprint density at radius 3 is 2.31 bits per heavy atom. The molecule has 29 heavy (non-hydrogen) atoms. The Hall–Kier alpha value is -2.11. The van der Waals surface area contributed by atoms with Crippen LogP contribution >= 0.6 is 11.3 Å². The van der Waals surface area contributed by atoms with Crippen molar-refractivity contribution in [2.24, 2.45) is 4.99 Å². The SMILES string of the molecule is CCNC(=NCc1ccc(C(F)(F)F)cc1)NCc1ccc(S(=O)(=O)N(C)C)s1. The van der Waals surface area contributed by atoms with E-state index in [-0.39, 0.29) is 10.8 Å². The van der Waals surface area contributed by atoms with E-state index in [0.29, 0.717) is 24.6 Å². The van der Waals surface area contributed by atoms with Gasteiger partial charge in [0.05, 0.1) is 18.7 Å². The van der Waals surface area contributed by atoms with E-state index < -0.39 is 21.8 Å². The first-order chi connectivity index (χ1) is 13.5. The molecule has 2 N–H and O–H groups in total. The fourth-order valence-electron chi connectivity index (χ4n) is 2.25. The van der Waals surface area contributed by atoms with Crippen LogP contribution in [0, 0.1) is 0 Å². The number of hydrogen-bond acceptors (Lipinski definition) is 4. The van der Waals surface area contributed by atoms with Gasteiger partial charge in [0.2, 0.25) is 0 Å². The van der Waals surface area contributed by atoms with Crippen molar-refractivity contribution in [3.8, 4) is 0 Å². The molecule has 2 rings (SSSR count). The Kier molecular flexibility index (Phi) is 7.66. The van der Waals surface area contributed by atoms with Crippen molar-refractivity contribution >= 4 is 27.3 Å². The molecule has 6 nitrogen and oxygen atoms in total. The third kappa shape index (κ3) is 6.44. The van der Waals surface area contributed by atoms with Crippen LogP contribution in [-0.4, -0.2) is 39.3 Å². The molecule has 0 saturated carbocycles. The number of benzene rings is 1. The zero-order chi connectivity index (χ0) is 21.7. The van der Waals surface area contributed by atoms with Crippen LogP contribution in [0.5, 0.6) is 0 Å². The largest absolute Gasteiger partial charge is 0.416 e. The van der Waals surface area contributed by atoms with E-state index in [0.717, 1.165) is 21.3 Å². The van der Waals surface area contributed by atoms with Crippen LogP contribution in [-0.2, 0) is 29.3 Å². The van der Waals surface area contributed by atoms with Gasteiger partial charge in [0.15, 0.2) is 5.96 Å². The van der Waals surface area contributed by atoms with Gasteiger partial charge in [-0.3, -0.25) is 0 Å². The fourth-order valence-corrected chi connectivity index (χ4v) is 4.72. The molecule has 1 heterocycles. The lowest BCUT2D eigenvalue weighted by atomic mass is 10.1. The minimum Gasteiger partial charge on any atom is -0.357 e. The first-order valence-electron chi connectivity index (χ1n) is 8.73. The van der Waals surface area contributed by atoms with Crippen molar-refractivity contribution in [2.45, 2.75) is 30.4 Å². The Morgan fingerprint density at radius 2 is 1.76 bits per heavy atom. The summed E-state index contributed by atoms with van der Waals surface area (Å²) in [4.78, 5) is 5.18. The van der Waals surface area contributed by atoms with E-state index in [2.05, 4.69) is 15.6 Å². The van der Waals surface area contributed by atoms with Gasteiger partial charge in [0.25, 0.3) is 10.0 Å². The number of nitrogens with one attached hydrogen (secondary N) is 2. The van der Waals surface area contributed by atoms with Crippen LogP contribution < -0.4 is 10.6 Å². The lowest BCUT2D eigenvalue weighted by Crippen LogP contribution is -2.36. The molecule has 0 aliphatic carbocycles. The Labute approximate surface area is 172 Å². The maximum absolute atomic E-state index is 12.6. The molecule has 0 unspecified atom stereocenters. The fraction of sp³-hybridized carbons (Fsp3) is 0.389. The Bertz CT molecular complexity index is 937. The quantitative estimate of drug-likeness (QED) is 0.504. The number of sulfonamides is 1. The molecule has 160 valence electrons. The molecule has 0 atom stereocenters. The molecule has 0 aliphatic heterocycles. The number of alkyl halides is 3. The van der Waals surface area contributed by atoms with E-state index >= 15 is 0 Å². The lowest BCUT2D eigenvalue weighted by Gasteiger charge is -2.11. The molecule has 0 fully saturated rings. The monoisotopic (exact) mass is 448 g/mol. The van der Waals surface area contributed by atoms with Gasteiger partial charge >= 0.3 is 6.18 Å². The highest BCUT2D eigenvalue weighted by molar-refractivity contribution is 7.91. The van der Waals surface area contributed by atoms with Gasteiger partial charge in [-0.15, -0.1) is 11.3 Å². The van der Waals surface area contributed by atoms with E-state index in [1.165, 1.54) is 37.6 Å². The molecule has 0 bridgehead atoms. The highest BCUT2D eigenvalue weighted by Gasteiger charge is 2.29. The Morgan fingerprint density at radius 1 is 1.10 bits per heavy atom. The molecule has 11 heteroatoms. The standard InChI is InChI=1S/C18H23F3N4O2S2/c1-4-22-17(23-11-13-5-7-14(8-6-13)18(19,20)21)24-12-15-9-10-16(28-15)29(26,27)25(2)3/h5-10H,4,11-12H2,1-3H3,(H2,22,23,24). The summed E-state index contributed by atoms with van der Waals surface area (Å²) < 4.78 is 63.6. The number of thiophene rings is 1. The van der Waals surface area contributed by atoms with E-state index in [4.69, 9.17) is 0 Å². The van der Waals surface area contributed by atoms with Gasteiger partial charge in [-0.1, -0.05) is 12.1 Å². The smallest absolute Gasteiger partial charge is 0.357 e. The number of guanidine groups is 1. The van der Waals surface area contributed by atoms with Crippen LogP contribution in [0.25, 0.3) is 0 Å². The van der Waals surface area contributed by atoms with Crippen molar-refractivity contribution in [3.05, 3.63) is 52.4 Å². The lowest BCUT2D eigenvalue weighted by molar-refractivity contribution is -0.137. The minimum atomic E-state index is -4.36. The van der Waals surface area contributed by atoms with Crippen molar-refractivity contribution in [1.82, 2.24) is 14.9 Å². The van der Waals surface area contributed by atoms with Crippen LogP contribution in [0.1, 0.15) is 22.9 Å². The van der Waals surface area contributed by atoms with E-state index in [9.17, 15) is 21.6 Å². The topological polar surface area (TPSA) is 73.8 Å². The molecular weight excluding hydrogens is 425 g/mol. The first kappa shape index (κ1) is 23.2. The molecule has 2 aromatic rings. The van der Waals surface area contributed by atoms with Crippen LogP contribution in [0.2, 0.25) is 0 Å². The normalized spacial score (nSPS) is 13.0. The first-order valence-corrected chi connectivity index (χ1v) is 11.0. The Balaban J connectivity index is 2.02. The van der Waals surface area contributed by atoms with Gasteiger partial charge in [0, 0.05) is 25.5 Å². The summed E-state index contributed by atoms with van der Waals surface area (Å²) in [6, 6.07) is 8.14. The second-order valence-electron chi connectivity index (χ2n) is 6.25. The third-order valence-corrected chi connectivity index (χ3v) is 7.21. The number of halogens is 3. The van der Waals surface area contributed by atoms with Crippen molar-refractivity contribution < 1.29 is 21.6 Å². The molecule has 1 aromatic heterocycles. The number of hydrogen-bond donors (Lipinski definition) is 2. The molecular formula is C18H23F3N4O2S2. The van der Waals surface area contributed by atoms with E-state index in [1.807, 2.05) is 6.92 Å². The highest BCUT2D eigenvalue weighted by Crippen LogP contribution is 2.29. The number of aliphatic imine (C=N–C) groups is 1. The minimum absolute atomic E-state index is 0.207. The molecule has 0 spiro atoms. The van der Waals surface area contributed by atoms with Gasteiger partial charge < -0.3 is 10.6 Å². The van der Waals surface area contributed by atoms with Crippen LogP contribution in [0.15, 0.2) is 45.6 Å². The van der Waals surface area contributed by atoms with Crippen molar-refractivity contribution in [2.75, 3.05) is 20.6 Å². The predicted octanol–water partition coefficient (Wildman–Crippen LogP) is 3.27. The number of rotatable bonds is 7. The summed E-state index contributed by atoms with van der Waals surface area (Å²) in [6.07, 6.45) is -4.36. The summed E-state index contributed by atoms with van der Waals surface area (Å²) in [5.74, 6) is 0.484. The molecule has 0 aliphatic rings. The molecule has 0 radical (unpaired) electrons. The van der Waals surface area contributed by atoms with Crippen molar-refractivity contribution in [1.29, 1.82) is 0 Å². The zero-order valence-electron chi connectivity index (χ0n) is 16.2. The summed E-state index contributed by atoms with van der Waals surface area (Å²) >= 11 is 1.17. The van der Waals surface area contributed by atoms with Gasteiger partial charge in [0.1, 0.15) is 4.21 Å². The maximum atomic E-state index is 12.6. The zero-order valence-corrected chi connectivity index (χ0v) is 17.9. The van der Waals surface area contributed by atoms with Gasteiger partial charge in [-0.25, -0.2) is 17.7 Å². The van der Waals surface area contributed by atoms with Crippen molar-refractivity contribution in [3.63, 3.8) is 0 Å². The van der Waals surface area contributed by atoms with Crippen LogP contribution in [0.4, 0.5) is 13.2 Å². The summed E-state index contributed by atoms with van der Waals surface area (Å²) in [5.41, 5.74) is -0.0536. The average Bonchev–Trinajstić information content (AvgIpc) is 3.13. The van der Waals surface area contributed by atoms with E-state index in [1.54, 1.807) is 12.1 Å². The maximum Gasteiger partial charge on any atom is 0.416 e. The predicted molar refractivity (Wildman–Crippen MR) is 108 cm³/mol. The second-order valence-corrected chi connectivity index (χ2v) is 9.80. The third-order valence-electron chi connectivity index (χ3n) is 3.85. The van der Waals surface area contributed by atoms with Crippen LogP contribution in [0.3, 0.4) is 0 Å². The molecule has 1 aromatic carbocycles. The summed E-state index contributed by atoms with van der Waals surface area (Å²) in [6.45, 7) is 3.07. The number of nitrogens with zero attached hydrogens (tertiary/aromatic N) is 2. The van der Waals surface area contributed by atoms with Gasteiger partial charge in [-0.05, 0) is 36.8 Å². The van der Waals surface area contributed by atoms with Gasteiger partial charge in [-0.2, -0.15) is 13.2 Å². The highest BCUT2D eigenvalue weighted by atomic mass is 32.2. The average molecular weight is 449 g/mol. The summed E-state index contributed by atoms with van der Waals surface area (Å²) in [7, 11) is -0.514. The second kappa shape index (κ2) is 9.59.